The molecular weight excluding hydrogens is 448 g/mol. The number of aromatic nitrogens is 1. The van der Waals surface area contributed by atoms with Crippen molar-refractivity contribution < 1.29 is 14.8 Å². The smallest absolute Gasteiger partial charge is 0.271 e. The van der Waals surface area contributed by atoms with Gasteiger partial charge in [-0.15, -0.1) is 0 Å². The summed E-state index contributed by atoms with van der Waals surface area (Å²) in [5.41, 5.74) is 0.685. The third-order valence-electron chi connectivity index (χ3n) is 5.10. The van der Waals surface area contributed by atoms with Gasteiger partial charge >= 0.3 is 0 Å². The van der Waals surface area contributed by atoms with Crippen molar-refractivity contribution in [3.05, 3.63) is 90.2 Å². The predicted molar refractivity (Wildman–Crippen MR) is 124 cm³/mol. The molecule has 3 aromatic rings. The zero-order valence-corrected chi connectivity index (χ0v) is 18.5. The summed E-state index contributed by atoms with van der Waals surface area (Å²) in [5, 5.41) is 31.2. The van der Waals surface area contributed by atoms with Crippen molar-refractivity contribution in [2.45, 2.75) is 19.9 Å². The van der Waals surface area contributed by atoms with Crippen LogP contribution in [0.2, 0.25) is 5.02 Å². The van der Waals surface area contributed by atoms with Gasteiger partial charge in [-0.1, -0.05) is 23.7 Å². The van der Waals surface area contributed by atoms with Crippen LogP contribution in [0.1, 0.15) is 22.3 Å². The monoisotopic (exact) mass is 466 g/mol. The molecular formula is C23H19ClN4O5. The molecule has 10 heteroatoms. The van der Waals surface area contributed by atoms with Crippen molar-refractivity contribution in [1.29, 1.82) is 5.26 Å². The molecule has 0 fully saturated rings. The Kier molecular flexibility index (Phi) is 7.10. The third kappa shape index (κ3) is 5.02. The minimum Gasteiger partial charge on any atom is -0.497 e. The van der Waals surface area contributed by atoms with E-state index >= 15 is 0 Å². The molecule has 0 aliphatic heterocycles. The van der Waals surface area contributed by atoms with Crippen LogP contribution in [0, 0.1) is 28.4 Å². The highest BCUT2D eigenvalue weighted by atomic mass is 35.5. The van der Waals surface area contributed by atoms with Crippen molar-refractivity contribution in [3.8, 4) is 17.7 Å². The number of hydrogen-bond donors (Lipinski definition) is 1. The Morgan fingerprint density at radius 2 is 2.00 bits per heavy atom. The molecule has 0 bridgehead atoms. The molecule has 3 rings (SSSR count). The van der Waals surface area contributed by atoms with Gasteiger partial charge in [0.05, 0.1) is 28.3 Å². The Morgan fingerprint density at radius 1 is 1.30 bits per heavy atom. The zero-order valence-electron chi connectivity index (χ0n) is 17.8. The molecule has 1 aromatic heterocycles. The number of benzene rings is 2. The summed E-state index contributed by atoms with van der Waals surface area (Å²) in [6.07, 6.45) is 1.71. The number of aromatic hydroxyl groups is 1. The molecule has 0 saturated carbocycles. The fraction of sp³-hybridized carbons (Fsp3) is 0.174. The first-order chi connectivity index (χ1) is 15.8. The van der Waals surface area contributed by atoms with Crippen LogP contribution in [-0.4, -0.2) is 27.9 Å². The van der Waals surface area contributed by atoms with E-state index in [-0.39, 0.29) is 45.5 Å². The van der Waals surface area contributed by atoms with E-state index in [0.29, 0.717) is 12.2 Å². The van der Waals surface area contributed by atoms with Crippen LogP contribution in [0.4, 0.5) is 11.4 Å². The van der Waals surface area contributed by atoms with Gasteiger partial charge in [-0.25, -0.2) is 0 Å². The average Bonchev–Trinajstić information content (AvgIpc) is 2.80. The van der Waals surface area contributed by atoms with Crippen LogP contribution in [0.15, 0.2) is 52.3 Å². The summed E-state index contributed by atoms with van der Waals surface area (Å²) in [4.78, 5) is 27.3. The molecule has 1 N–H and O–H groups in total. The second kappa shape index (κ2) is 9.97. The van der Waals surface area contributed by atoms with Gasteiger partial charge in [-0.2, -0.15) is 5.26 Å². The lowest BCUT2D eigenvalue weighted by Gasteiger charge is -2.14. The van der Waals surface area contributed by atoms with Gasteiger partial charge in [0, 0.05) is 24.9 Å². The number of pyridine rings is 1. The number of ether oxygens (including phenoxy) is 1. The number of non-ortho nitro benzene ring substituents is 1. The van der Waals surface area contributed by atoms with Crippen LogP contribution in [0.3, 0.4) is 0 Å². The van der Waals surface area contributed by atoms with Crippen molar-refractivity contribution in [2.24, 2.45) is 4.99 Å². The fourth-order valence-electron chi connectivity index (χ4n) is 3.21. The largest absolute Gasteiger partial charge is 0.497 e. The maximum atomic E-state index is 12.8. The summed E-state index contributed by atoms with van der Waals surface area (Å²) >= 11 is 6.08. The standard InChI is InChI=1S/C23H19ClN4O5/c1-14-18(12-25)22(29)27(10-9-15-3-6-17(33-2)7-4-15)23(30)19(14)13-26-21-8-5-16(28(31)32)11-20(21)24/h3-8,11,13,30H,9-10H2,1-2H3. The molecule has 2 aromatic carbocycles. The first-order valence-corrected chi connectivity index (χ1v) is 10.1. The highest BCUT2D eigenvalue weighted by molar-refractivity contribution is 6.33. The molecule has 0 unspecified atom stereocenters. The van der Waals surface area contributed by atoms with E-state index in [9.17, 15) is 25.3 Å². The van der Waals surface area contributed by atoms with Gasteiger partial charge < -0.3 is 9.84 Å². The van der Waals surface area contributed by atoms with Crippen molar-refractivity contribution >= 4 is 29.2 Å². The first kappa shape index (κ1) is 23.5. The highest BCUT2D eigenvalue weighted by Gasteiger charge is 2.18. The van der Waals surface area contributed by atoms with Crippen molar-refractivity contribution in [3.63, 3.8) is 0 Å². The number of aryl methyl sites for hydroxylation is 1. The Labute approximate surface area is 193 Å². The van der Waals surface area contributed by atoms with Gasteiger partial charge in [0.1, 0.15) is 17.4 Å². The van der Waals surface area contributed by atoms with Crippen LogP contribution in [0.25, 0.3) is 0 Å². The number of aliphatic imine (C=N–C) groups is 1. The quantitative estimate of drug-likeness (QED) is 0.314. The molecule has 0 spiro atoms. The number of methoxy groups -OCH3 is 1. The number of hydrogen-bond acceptors (Lipinski definition) is 7. The average molecular weight is 467 g/mol. The molecule has 9 nitrogen and oxygen atoms in total. The molecule has 0 aliphatic rings. The van der Waals surface area contributed by atoms with Crippen molar-refractivity contribution in [1.82, 2.24) is 4.57 Å². The van der Waals surface area contributed by atoms with E-state index < -0.39 is 10.5 Å². The van der Waals surface area contributed by atoms with E-state index in [1.54, 1.807) is 19.2 Å². The maximum Gasteiger partial charge on any atom is 0.271 e. The highest BCUT2D eigenvalue weighted by Crippen LogP contribution is 2.30. The summed E-state index contributed by atoms with van der Waals surface area (Å²) in [6.45, 7) is 1.66. The summed E-state index contributed by atoms with van der Waals surface area (Å²) in [6, 6.07) is 13.0. The summed E-state index contributed by atoms with van der Waals surface area (Å²) in [5.74, 6) is 0.357. The molecule has 0 saturated heterocycles. The van der Waals surface area contributed by atoms with E-state index in [4.69, 9.17) is 16.3 Å². The number of nitro benzene ring substituents is 1. The lowest BCUT2D eigenvalue weighted by Crippen LogP contribution is -2.26. The van der Waals surface area contributed by atoms with Crippen LogP contribution >= 0.6 is 11.6 Å². The lowest BCUT2D eigenvalue weighted by atomic mass is 10.1. The lowest BCUT2D eigenvalue weighted by molar-refractivity contribution is -0.384. The Bertz CT molecular complexity index is 1340. The fourth-order valence-corrected chi connectivity index (χ4v) is 3.44. The van der Waals surface area contributed by atoms with Crippen LogP contribution in [0.5, 0.6) is 11.6 Å². The second-order valence-electron chi connectivity index (χ2n) is 7.05. The maximum absolute atomic E-state index is 12.8. The molecule has 0 amide bonds. The van der Waals surface area contributed by atoms with Gasteiger partial charge in [0.15, 0.2) is 0 Å². The van der Waals surface area contributed by atoms with E-state index in [2.05, 4.69) is 4.99 Å². The number of halogens is 1. The molecule has 0 radical (unpaired) electrons. The normalized spacial score (nSPS) is 10.8. The predicted octanol–water partition coefficient (Wildman–Crippen LogP) is 4.30. The SMILES string of the molecule is COc1ccc(CCn2c(O)c(C=Nc3ccc([N+](=O)[O-])cc3Cl)c(C)c(C#N)c2=O)cc1. The number of nitriles is 1. The van der Waals surface area contributed by atoms with E-state index in [1.165, 1.54) is 25.3 Å². The third-order valence-corrected chi connectivity index (χ3v) is 5.41. The Morgan fingerprint density at radius 3 is 2.58 bits per heavy atom. The molecule has 33 heavy (non-hydrogen) atoms. The summed E-state index contributed by atoms with van der Waals surface area (Å²) in [7, 11) is 1.56. The van der Waals surface area contributed by atoms with Gasteiger partial charge in [0.25, 0.3) is 11.2 Å². The van der Waals surface area contributed by atoms with Crippen LogP contribution in [-0.2, 0) is 13.0 Å². The number of nitro groups is 1. The Hall–Kier alpha value is -4.16. The minimum atomic E-state index is -0.605. The zero-order chi connectivity index (χ0) is 24.1. The topological polar surface area (TPSA) is 131 Å². The minimum absolute atomic E-state index is 0.0472. The number of nitrogens with zero attached hydrogens (tertiary/aromatic N) is 4. The summed E-state index contributed by atoms with van der Waals surface area (Å²) < 4.78 is 6.25. The number of rotatable bonds is 7. The van der Waals surface area contributed by atoms with E-state index in [0.717, 1.165) is 16.2 Å². The van der Waals surface area contributed by atoms with Crippen LogP contribution < -0.4 is 10.3 Å². The second-order valence-corrected chi connectivity index (χ2v) is 7.46. The Balaban J connectivity index is 1.98. The molecule has 1 heterocycles. The first-order valence-electron chi connectivity index (χ1n) is 9.74. The van der Waals surface area contributed by atoms with Gasteiger partial charge in [-0.3, -0.25) is 24.5 Å². The van der Waals surface area contributed by atoms with Gasteiger partial charge in [-0.05, 0) is 42.7 Å². The van der Waals surface area contributed by atoms with E-state index in [1.807, 2.05) is 18.2 Å². The molecule has 0 aliphatic carbocycles. The molecule has 168 valence electrons. The molecule has 0 atom stereocenters. The van der Waals surface area contributed by atoms with Crippen molar-refractivity contribution in [2.75, 3.05) is 7.11 Å². The van der Waals surface area contributed by atoms with Gasteiger partial charge in [0.2, 0.25) is 5.88 Å².